The first kappa shape index (κ1) is 10.3. The van der Waals surface area contributed by atoms with Gasteiger partial charge < -0.3 is 0 Å². The van der Waals surface area contributed by atoms with Gasteiger partial charge >= 0.3 is 0 Å². The molecule has 0 atom stereocenters. The lowest BCUT2D eigenvalue weighted by atomic mass is 10.3. The number of thioether (sulfide) groups is 1. The zero-order valence-electron chi connectivity index (χ0n) is 6.92. The number of hydrogen-bond donors (Lipinski definition) is 3. The molecule has 1 heterocycles. The minimum Gasteiger partial charge on any atom is -0.290 e. The Morgan fingerprint density at radius 3 is 3.00 bits per heavy atom. The molecule has 0 unspecified atom stereocenters. The minimum atomic E-state index is -0.543. The molecule has 0 aliphatic rings. The minimum absolute atomic E-state index is 0.111. The molecular weight excluding hydrogens is 210 g/mol. The van der Waals surface area contributed by atoms with Gasteiger partial charge in [-0.1, -0.05) is 18.5 Å². The summed E-state index contributed by atoms with van der Waals surface area (Å²) in [4.78, 5) is 22.3. The van der Waals surface area contributed by atoms with Gasteiger partial charge in [-0.15, -0.1) is 11.8 Å². The molecule has 1 aromatic rings. The van der Waals surface area contributed by atoms with Crippen LogP contribution in [-0.2, 0) is 0 Å². The second kappa shape index (κ2) is 4.45. The molecular formula is C6H9N3O2S2. The summed E-state index contributed by atoms with van der Waals surface area (Å²) in [5.41, 5.74) is 1.67. The van der Waals surface area contributed by atoms with Crippen LogP contribution in [0.5, 0.6) is 0 Å². The van der Waals surface area contributed by atoms with Crippen LogP contribution in [0.3, 0.4) is 0 Å². The average molecular weight is 219 g/mol. The van der Waals surface area contributed by atoms with Crippen molar-refractivity contribution in [3.8, 4) is 0 Å². The summed E-state index contributed by atoms with van der Waals surface area (Å²) in [6.07, 6.45) is 0. The number of hydrazine groups is 1. The molecule has 13 heavy (non-hydrogen) atoms. The number of amides is 1. The maximum absolute atomic E-state index is 11.1. The summed E-state index contributed by atoms with van der Waals surface area (Å²) in [5, 5.41) is 0. The summed E-state index contributed by atoms with van der Waals surface area (Å²) in [5.74, 6) is 5.20. The number of carbonyl (C=O) groups excluding carboxylic acids is 1. The molecule has 4 N–H and O–H groups in total. The highest BCUT2D eigenvalue weighted by Gasteiger charge is 2.17. The third-order valence-electron chi connectivity index (χ3n) is 1.30. The highest BCUT2D eigenvalue weighted by atomic mass is 32.2. The fourth-order valence-electron chi connectivity index (χ4n) is 0.788. The van der Waals surface area contributed by atoms with Crippen LogP contribution in [0.4, 0.5) is 0 Å². The molecule has 7 heteroatoms. The van der Waals surface area contributed by atoms with E-state index in [2.05, 4.69) is 4.37 Å². The van der Waals surface area contributed by atoms with Crippen molar-refractivity contribution in [1.29, 1.82) is 0 Å². The molecule has 1 aromatic heterocycles. The Morgan fingerprint density at radius 1 is 1.77 bits per heavy atom. The summed E-state index contributed by atoms with van der Waals surface area (Å²) in [6.45, 7) is 1.94. The van der Waals surface area contributed by atoms with Crippen LogP contribution >= 0.6 is 23.3 Å². The summed E-state index contributed by atoms with van der Waals surface area (Å²) >= 11 is 2.59. The predicted molar refractivity (Wildman–Crippen MR) is 53.0 cm³/mol. The van der Waals surface area contributed by atoms with Gasteiger partial charge in [0.2, 0.25) is 0 Å². The molecule has 0 saturated carbocycles. The standard InChI is InChI=1S/C6H9N3O2S2/c1-2-12-6-3(4(10)8-7)5(11)9-13-6/h2,7H2,1H3,(H,8,10)(H,9,11). The van der Waals surface area contributed by atoms with E-state index >= 15 is 0 Å². The molecule has 0 aromatic carbocycles. The number of nitrogens with one attached hydrogen (secondary N) is 2. The van der Waals surface area contributed by atoms with Crippen LogP contribution in [0.2, 0.25) is 0 Å². The molecule has 0 aliphatic carbocycles. The van der Waals surface area contributed by atoms with Crippen molar-refractivity contribution in [3.63, 3.8) is 0 Å². The second-order valence-electron chi connectivity index (χ2n) is 2.10. The predicted octanol–water partition coefficient (Wildman–Crippen LogP) is 0.152. The molecule has 0 spiro atoms. The number of hydrogen-bond acceptors (Lipinski definition) is 5. The fourth-order valence-corrected chi connectivity index (χ4v) is 2.67. The van der Waals surface area contributed by atoms with Gasteiger partial charge in [0.05, 0.1) is 4.21 Å². The normalized spacial score (nSPS) is 10.0. The van der Waals surface area contributed by atoms with Crippen LogP contribution in [0.25, 0.3) is 0 Å². The Kier molecular flexibility index (Phi) is 3.52. The van der Waals surface area contributed by atoms with E-state index in [1.165, 1.54) is 11.8 Å². The Morgan fingerprint density at radius 2 is 2.46 bits per heavy atom. The van der Waals surface area contributed by atoms with Gasteiger partial charge in [-0.25, -0.2) is 5.84 Å². The van der Waals surface area contributed by atoms with Crippen molar-refractivity contribution in [2.45, 2.75) is 11.1 Å². The zero-order valence-corrected chi connectivity index (χ0v) is 8.55. The first-order chi connectivity index (χ1) is 6.20. The Labute approximate surface area is 82.8 Å². The third-order valence-corrected chi connectivity index (χ3v) is 3.34. The van der Waals surface area contributed by atoms with Gasteiger partial charge in [0, 0.05) is 0 Å². The van der Waals surface area contributed by atoms with Crippen LogP contribution in [0.15, 0.2) is 9.00 Å². The first-order valence-corrected chi connectivity index (χ1v) is 5.36. The number of H-pyrrole nitrogens is 1. The molecule has 0 saturated heterocycles. The maximum atomic E-state index is 11.1. The average Bonchev–Trinajstić information content (AvgIpc) is 2.47. The quantitative estimate of drug-likeness (QED) is 0.292. The topological polar surface area (TPSA) is 88.0 Å². The lowest BCUT2D eigenvalue weighted by molar-refractivity contribution is 0.0950. The third kappa shape index (κ3) is 2.11. The lowest BCUT2D eigenvalue weighted by Gasteiger charge is -1.97. The van der Waals surface area contributed by atoms with E-state index in [0.29, 0.717) is 4.21 Å². The lowest BCUT2D eigenvalue weighted by Crippen LogP contribution is -2.33. The molecule has 0 aliphatic heterocycles. The van der Waals surface area contributed by atoms with E-state index in [-0.39, 0.29) is 11.1 Å². The van der Waals surface area contributed by atoms with Gasteiger partial charge in [0.25, 0.3) is 11.5 Å². The highest BCUT2D eigenvalue weighted by molar-refractivity contribution is 8.01. The van der Waals surface area contributed by atoms with E-state index < -0.39 is 5.91 Å². The van der Waals surface area contributed by atoms with Crippen LogP contribution < -0.4 is 16.8 Å². The molecule has 1 rings (SSSR count). The Bertz CT molecular complexity index is 357. The first-order valence-electron chi connectivity index (χ1n) is 3.56. The Balaban J connectivity index is 3.08. The van der Waals surface area contributed by atoms with Crippen molar-refractivity contribution in [1.82, 2.24) is 9.80 Å². The Hall–Kier alpha value is -0.790. The number of nitrogens with two attached hydrogens (primary N) is 1. The van der Waals surface area contributed by atoms with Gasteiger partial charge in [-0.3, -0.25) is 19.4 Å². The smallest absolute Gasteiger partial charge is 0.272 e. The van der Waals surface area contributed by atoms with Crippen molar-refractivity contribution in [3.05, 3.63) is 15.9 Å². The van der Waals surface area contributed by atoms with E-state index in [4.69, 9.17) is 5.84 Å². The molecule has 0 bridgehead atoms. The van der Waals surface area contributed by atoms with E-state index in [1.807, 2.05) is 12.3 Å². The molecule has 0 radical (unpaired) electrons. The number of rotatable bonds is 3. The van der Waals surface area contributed by atoms with Crippen LogP contribution in [0.1, 0.15) is 17.3 Å². The van der Waals surface area contributed by atoms with Crippen LogP contribution in [-0.4, -0.2) is 16.0 Å². The number of nitrogen functional groups attached to an aromatic ring is 1. The zero-order chi connectivity index (χ0) is 9.84. The van der Waals surface area contributed by atoms with E-state index in [1.54, 1.807) is 0 Å². The molecule has 72 valence electrons. The molecule has 0 fully saturated rings. The number of aromatic amines is 1. The van der Waals surface area contributed by atoms with Gasteiger partial charge in [-0.2, -0.15) is 0 Å². The summed E-state index contributed by atoms with van der Waals surface area (Å²) in [6, 6.07) is 0. The van der Waals surface area contributed by atoms with Crippen LogP contribution in [0, 0.1) is 0 Å². The highest BCUT2D eigenvalue weighted by Crippen LogP contribution is 2.23. The van der Waals surface area contributed by atoms with Crippen molar-refractivity contribution < 1.29 is 4.79 Å². The molecule has 1 amide bonds. The SMILES string of the molecule is CCSc1s[nH]c(=O)c1C(=O)NN. The summed E-state index contributed by atoms with van der Waals surface area (Å²) < 4.78 is 3.16. The fraction of sp³-hybridized carbons (Fsp3) is 0.333. The van der Waals surface area contributed by atoms with E-state index in [9.17, 15) is 9.59 Å². The second-order valence-corrected chi connectivity index (χ2v) is 4.45. The van der Waals surface area contributed by atoms with Gasteiger partial charge in [0.1, 0.15) is 5.56 Å². The van der Waals surface area contributed by atoms with Gasteiger partial charge in [-0.05, 0) is 5.75 Å². The van der Waals surface area contributed by atoms with Crippen molar-refractivity contribution in [2.75, 3.05) is 5.75 Å². The van der Waals surface area contributed by atoms with Crippen molar-refractivity contribution >= 4 is 29.2 Å². The monoisotopic (exact) mass is 219 g/mol. The van der Waals surface area contributed by atoms with E-state index in [0.717, 1.165) is 17.3 Å². The molecule has 5 nitrogen and oxygen atoms in total. The summed E-state index contributed by atoms with van der Waals surface area (Å²) in [7, 11) is 0. The largest absolute Gasteiger partial charge is 0.290 e. The number of aromatic nitrogens is 1. The van der Waals surface area contributed by atoms with Gasteiger partial charge in [0.15, 0.2) is 0 Å². The van der Waals surface area contributed by atoms with Crippen molar-refractivity contribution in [2.24, 2.45) is 5.84 Å². The number of carbonyl (C=O) groups is 1. The maximum Gasteiger partial charge on any atom is 0.272 e.